The molecule has 7 nitrogen and oxygen atoms in total. The quantitative estimate of drug-likeness (QED) is 0.654. The van der Waals surface area contributed by atoms with Gasteiger partial charge in [-0.05, 0) is 44.7 Å². The summed E-state index contributed by atoms with van der Waals surface area (Å²) in [6.45, 7) is 1.63. The first kappa shape index (κ1) is 17.6. The molecule has 1 heterocycles. The molecule has 1 amide bonds. The van der Waals surface area contributed by atoms with Crippen LogP contribution in [0.25, 0.3) is 10.9 Å². The van der Waals surface area contributed by atoms with Crippen LogP contribution in [0.1, 0.15) is 43.0 Å². The predicted octanol–water partition coefficient (Wildman–Crippen LogP) is 1.46. The molecule has 7 heteroatoms. The lowest BCUT2D eigenvalue weighted by molar-refractivity contribution is 0.0922. The maximum atomic E-state index is 12.2. The zero-order chi connectivity index (χ0) is 17.8. The van der Waals surface area contributed by atoms with Crippen molar-refractivity contribution in [3.63, 3.8) is 0 Å². The van der Waals surface area contributed by atoms with Crippen molar-refractivity contribution in [2.45, 2.75) is 50.8 Å². The Morgan fingerprint density at radius 2 is 2.08 bits per heavy atom. The second-order valence-electron chi connectivity index (χ2n) is 6.67. The van der Waals surface area contributed by atoms with E-state index in [4.69, 9.17) is 5.11 Å². The Labute approximate surface area is 146 Å². The largest absolute Gasteiger partial charge is 0.394 e. The number of anilines is 1. The average Bonchev–Trinajstić information content (AvgIpc) is 2.63. The Kier molecular flexibility index (Phi) is 5.45. The third kappa shape index (κ3) is 4.43. The van der Waals surface area contributed by atoms with Gasteiger partial charge in [-0.15, -0.1) is 0 Å². The lowest BCUT2D eigenvalue weighted by atomic mass is 9.93. The van der Waals surface area contributed by atoms with Gasteiger partial charge in [0.2, 0.25) is 5.95 Å². The molecule has 1 aromatic carbocycles. The van der Waals surface area contributed by atoms with E-state index in [1.165, 1.54) is 0 Å². The number of hydrogen-bond acceptors (Lipinski definition) is 6. The first-order chi connectivity index (χ1) is 12.0. The summed E-state index contributed by atoms with van der Waals surface area (Å²) in [7, 11) is 0. The van der Waals surface area contributed by atoms with Crippen LogP contribution < -0.4 is 10.6 Å². The van der Waals surface area contributed by atoms with E-state index >= 15 is 0 Å². The maximum Gasteiger partial charge on any atom is 0.251 e. The van der Waals surface area contributed by atoms with Crippen LogP contribution in [-0.2, 0) is 0 Å². The summed E-state index contributed by atoms with van der Waals surface area (Å²) in [6, 6.07) is 5.23. The molecule has 4 N–H and O–H groups in total. The summed E-state index contributed by atoms with van der Waals surface area (Å²) in [5.74, 6) is 0.299. The topological polar surface area (TPSA) is 107 Å². The minimum Gasteiger partial charge on any atom is -0.394 e. The number of aliphatic hydroxyl groups is 2. The van der Waals surface area contributed by atoms with Gasteiger partial charge in [-0.3, -0.25) is 4.79 Å². The molecule has 0 bridgehead atoms. The molecule has 2 aromatic rings. The van der Waals surface area contributed by atoms with Gasteiger partial charge in [0.15, 0.2) is 0 Å². The van der Waals surface area contributed by atoms with Crippen molar-refractivity contribution in [2.24, 2.45) is 0 Å². The minimum absolute atomic E-state index is 0.106. The van der Waals surface area contributed by atoms with Crippen molar-refractivity contribution in [1.82, 2.24) is 15.3 Å². The van der Waals surface area contributed by atoms with Crippen LogP contribution in [0.15, 0.2) is 24.4 Å². The zero-order valence-corrected chi connectivity index (χ0v) is 14.3. The highest BCUT2D eigenvalue weighted by atomic mass is 16.3. The number of nitrogens with zero attached hydrogens (tertiary/aromatic N) is 2. The van der Waals surface area contributed by atoms with E-state index < -0.39 is 0 Å². The van der Waals surface area contributed by atoms with Gasteiger partial charge in [0.05, 0.1) is 18.2 Å². The smallest absolute Gasteiger partial charge is 0.251 e. The second-order valence-corrected chi connectivity index (χ2v) is 6.67. The molecule has 0 unspecified atom stereocenters. The number of nitrogens with one attached hydrogen (secondary N) is 2. The van der Waals surface area contributed by atoms with Crippen molar-refractivity contribution in [2.75, 3.05) is 11.9 Å². The number of aliphatic hydroxyl groups excluding tert-OH is 2. The Bertz CT molecular complexity index is 744. The maximum absolute atomic E-state index is 12.2. The fourth-order valence-electron chi connectivity index (χ4n) is 2.99. The molecule has 1 aliphatic rings. The van der Waals surface area contributed by atoms with Gasteiger partial charge in [-0.1, -0.05) is 6.07 Å². The van der Waals surface area contributed by atoms with Gasteiger partial charge >= 0.3 is 0 Å². The molecule has 134 valence electrons. The van der Waals surface area contributed by atoms with Crippen molar-refractivity contribution in [1.29, 1.82) is 0 Å². The Morgan fingerprint density at radius 1 is 1.32 bits per heavy atom. The van der Waals surface area contributed by atoms with Gasteiger partial charge in [0.1, 0.15) is 0 Å². The number of carbonyl (C=O) groups excluding carboxylic acids is 1. The van der Waals surface area contributed by atoms with Crippen molar-refractivity contribution < 1.29 is 15.0 Å². The Balaban J connectivity index is 1.75. The molecule has 1 aromatic heterocycles. The fourth-order valence-corrected chi connectivity index (χ4v) is 2.99. The van der Waals surface area contributed by atoms with E-state index in [-0.39, 0.29) is 30.7 Å². The monoisotopic (exact) mass is 344 g/mol. The first-order valence-corrected chi connectivity index (χ1v) is 8.68. The van der Waals surface area contributed by atoms with Crippen LogP contribution in [0.3, 0.4) is 0 Å². The zero-order valence-electron chi connectivity index (χ0n) is 14.3. The standard InChI is InChI=1S/C18H24N4O3/c1-11(10-23)20-17(25)12-2-3-13-9-19-18(22-16(13)8-12)21-14-4-6-15(24)7-5-14/h2-3,8-9,11,14-15,23-24H,4-7,10H2,1H3,(H,20,25)(H,19,21,22)/t11-,14-,15-/m1/s1. The molecule has 1 aliphatic carbocycles. The van der Waals surface area contributed by atoms with Gasteiger partial charge in [-0.2, -0.15) is 0 Å². The highest BCUT2D eigenvalue weighted by molar-refractivity contribution is 5.97. The summed E-state index contributed by atoms with van der Waals surface area (Å²) in [5.41, 5.74) is 1.19. The van der Waals surface area contributed by atoms with Crippen LogP contribution in [0.4, 0.5) is 5.95 Å². The minimum atomic E-state index is -0.299. The number of rotatable bonds is 5. The molecular formula is C18H24N4O3. The SMILES string of the molecule is C[C@H](CO)NC(=O)c1ccc2cnc(N[C@H]3CC[C@H](O)CC3)nc2c1. The number of hydrogen-bond donors (Lipinski definition) is 4. The van der Waals surface area contributed by atoms with E-state index in [1.54, 1.807) is 25.3 Å². The van der Waals surface area contributed by atoms with E-state index in [1.807, 2.05) is 6.07 Å². The van der Waals surface area contributed by atoms with E-state index in [9.17, 15) is 9.90 Å². The highest BCUT2D eigenvalue weighted by Crippen LogP contribution is 2.22. The van der Waals surface area contributed by atoms with E-state index in [0.29, 0.717) is 17.0 Å². The summed E-state index contributed by atoms with van der Waals surface area (Å²) in [4.78, 5) is 21.0. The summed E-state index contributed by atoms with van der Waals surface area (Å²) in [6.07, 6.45) is 4.91. The van der Waals surface area contributed by atoms with Crippen molar-refractivity contribution in [3.8, 4) is 0 Å². The average molecular weight is 344 g/mol. The van der Waals surface area contributed by atoms with Crippen LogP contribution in [0.5, 0.6) is 0 Å². The fraction of sp³-hybridized carbons (Fsp3) is 0.500. The lowest BCUT2D eigenvalue weighted by Crippen LogP contribution is -2.34. The van der Waals surface area contributed by atoms with Gasteiger partial charge in [0, 0.05) is 29.2 Å². The van der Waals surface area contributed by atoms with E-state index in [0.717, 1.165) is 31.1 Å². The molecule has 1 atom stereocenters. The molecule has 25 heavy (non-hydrogen) atoms. The third-order valence-corrected chi connectivity index (χ3v) is 4.53. The molecule has 0 spiro atoms. The second kappa shape index (κ2) is 7.76. The normalized spacial score (nSPS) is 21.7. The van der Waals surface area contributed by atoms with Crippen molar-refractivity contribution in [3.05, 3.63) is 30.0 Å². The number of amides is 1. The van der Waals surface area contributed by atoms with Crippen molar-refractivity contribution >= 4 is 22.8 Å². The lowest BCUT2D eigenvalue weighted by Gasteiger charge is -2.26. The van der Waals surface area contributed by atoms with Gasteiger partial charge in [-0.25, -0.2) is 9.97 Å². The van der Waals surface area contributed by atoms with Gasteiger partial charge < -0.3 is 20.8 Å². The van der Waals surface area contributed by atoms with Crippen LogP contribution in [0.2, 0.25) is 0 Å². The van der Waals surface area contributed by atoms with Crippen LogP contribution in [0, 0.1) is 0 Å². The first-order valence-electron chi connectivity index (χ1n) is 8.68. The number of aromatic nitrogens is 2. The highest BCUT2D eigenvalue weighted by Gasteiger charge is 2.20. The number of carbonyl (C=O) groups is 1. The molecule has 0 aliphatic heterocycles. The molecule has 1 saturated carbocycles. The van der Waals surface area contributed by atoms with E-state index in [2.05, 4.69) is 20.6 Å². The molecule has 0 saturated heterocycles. The molecule has 3 rings (SSSR count). The summed E-state index contributed by atoms with van der Waals surface area (Å²) >= 11 is 0. The predicted molar refractivity (Wildman–Crippen MR) is 95.4 cm³/mol. The number of benzene rings is 1. The third-order valence-electron chi connectivity index (χ3n) is 4.53. The Hall–Kier alpha value is -2.25. The summed E-state index contributed by atoms with van der Waals surface area (Å²) < 4.78 is 0. The summed E-state index contributed by atoms with van der Waals surface area (Å²) in [5, 5.41) is 25.5. The molecule has 0 radical (unpaired) electrons. The molecular weight excluding hydrogens is 320 g/mol. The number of fused-ring (bicyclic) bond motifs is 1. The molecule has 1 fully saturated rings. The Morgan fingerprint density at radius 3 is 2.80 bits per heavy atom. The van der Waals surface area contributed by atoms with Crippen LogP contribution in [-0.4, -0.2) is 50.9 Å². The van der Waals surface area contributed by atoms with Crippen LogP contribution >= 0.6 is 0 Å². The van der Waals surface area contributed by atoms with Gasteiger partial charge in [0.25, 0.3) is 5.91 Å².